The average Bonchev–Trinajstić information content (AvgIpc) is 3.59. The lowest BCUT2D eigenvalue weighted by molar-refractivity contribution is -0.131. The van der Waals surface area contributed by atoms with E-state index in [0.29, 0.717) is 51.9 Å². The van der Waals surface area contributed by atoms with E-state index in [4.69, 9.17) is 4.74 Å². The van der Waals surface area contributed by atoms with E-state index in [2.05, 4.69) is 5.32 Å². The van der Waals surface area contributed by atoms with Gasteiger partial charge >= 0.3 is 12.2 Å². The summed E-state index contributed by atoms with van der Waals surface area (Å²) in [5.74, 6) is -0.00764. The van der Waals surface area contributed by atoms with Gasteiger partial charge in [0, 0.05) is 35.4 Å². The quantitative estimate of drug-likeness (QED) is 0.207. The molecule has 3 amide bonds. The predicted molar refractivity (Wildman–Crippen MR) is 160 cm³/mol. The summed E-state index contributed by atoms with van der Waals surface area (Å²) >= 11 is 3.14. The van der Waals surface area contributed by atoms with E-state index in [0.717, 1.165) is 15.3 Å². The Kier molecular flexibility index (Phi) is 12.0. The molecule has 0 bridgehead atoms. The van der Waals surface area contributed by atoms with Crippen molar-refractivity contribution in [3.05, 3.63) is 80.7 Å². The van der Waals surface area contributed by atoms with E-state index in [1.807, 2.05) is 86.1 Å². The summed E-state index contributed by atoms with van der Waals surface area (Å²) in [6, 6.07) is 17.0. The number of amides is 3. The number of nitrogens with zero attached hydrogens (tertiary/aromatic N) is 2. The normalized spacial score (nSPS) is 12.0. The predicted octanol–water partition coefficient (Wildman–Crippen LogP) is 6.62. The first kappa shape index (κ1) is 31.2. The van der Waals surface area contributed by atoms with Crippen LogP contribution in [0.1, 0.15) is 55.4 Å². The van der Waals surface area contributed by atoms with Crippen LogP contribution in [-0.2, 0) is 29.0 Å². The van der Waals surface area contributed by atoms with Crippen molar-refractivity contribution < 1.29 is 24.2 Å². The lowest BCUT2D eigenvalue weighted by Crippen LogP contribution is -2.47. The van der Waals surface area contributed by atoms with Crippen LogP contribution in [0.3, 0.4) is 0 Å². The molecule has 0 aliphatic heterocycles. The minimum Gasteiger partial charge on any atom is -0.465 e. The Morgan fingerprint density at radius 2 is 1.57 bits per heavy atom. The first-order valence-corrected chi connectivity index (χ1v) is 15.2. The fraction of sp³-hybridized carbons (Fsp3) is 0.433. The molecule has 0 aliphatic carbocycles. The van der Waals surface area contributed by atoms with Gasteiger partial charge in [0.1, 0.15) is 5.60 Å². The second-order valence-corrected chi connectivity index (χ2v) is 12.7. The number of rotatable bonds is 14. The highest BCUT2D eigenvalue weighted by Gasteiger charge is 2.24. The van der Waals surface area contributed by atoms with Crippen LogP contribution in [0.15, 0.2) is 65.4 Å². The van der Waals surface area contributed by atoms with Crippen LogP contribution in [0.25, 0.3) is 0 Å². The zero-order valence-corrected chi connectivity index (χ0v) is 25.0. The smallest absolute Gasteiger partial charge is 0.407 e. The van der Waals surface area contributed by atoms with Crippen LogP contribution in [-0.4, -0.2) is 57.7 Å². The van der Waals surface area contributed by atoms with E-state index in [1.54, 1.807) is 27.6 Å². The van der Waals surface area contributed by atoms with Crippen molar-refractivity contribution in [2.75, 3.05) is 13.1 Å². The van der Waals surface area contributed by atoms with E-state index in [1.165, 1.54) is 4.90 Å². The molecule has 2 aromatic heterocycles. The largest absolute Gasteiger partial charge is 0.465 e. The van der Waals surface area contributed by atoms with Gasteiger partial charge in [0.2, 0.25) is 5.91 Å². The molecule has 2 N–H and O–H groups in total. The third-order valence-electron chi connectivity index (χ3n) is 6.06. The number of thiophene rings is 2. The lowest BCUT2D eigenvalue weighted by Gasteiger charge is -2.29. The summed E-state index contributed by atoms with van der Waals surface area (Å²) < 4.78 is 5.51. The molecule has 0 spiro atoms. The topological polar surface area (TPSA) is 99.2 Å². The number of carboxylic acid groups (broad SMARTS) is 1. The molecule has 0 unspecified atom stereocenters. The van der Waals surface area contributed by atoms with Gasteiger partial charge in [0.25, 0.3) is 0 Å². The van der Waals surface area contributed by atoms with Crippen LogP contribution in [0.2, 0.25) is 0 Å². The van der Waals surface area contributed by atoms with Crippen molar-refractivity contribution >= 4 is 40.8 Å². The van der Waals surface area contributed by atoms with Crippen molar-refractivity contribution in [2.24, 2.45) is 0 Å². The number of benzene rings is 1. The molecular weight excluding hydrogens is 546 g/mol. The molecule has 0 aliphatic rings. The maximum atomic E-state index is 13.4. The number of alkyl carbamates (subject to hydrolysis) is 1. The molecular formula is C30H39N3O5S2. The van der Waals surface area contributed by atoms with E-state index in [-0.39, 0.29) is 11.9 Å². The monoisotopic (exact) mass is 585 g/mol. The number of hydrogen-bond donors (Lipinski definition) is 2. The number of carbonyl (C=O) groups is 3. The van der Waals surface area contributed by atoms with Gasteiger partial charge in [-0.2, -0.15) is 0 Å². The minimum absolute atomic E-state index is 0.00764. The second kappa shape index (κ2) is 15.4. The Morgan fingerprint density at radius 1 is 0.900 bits per heavy atom. The van der Waals surface area contributed by atoms with Crippen LogP contribution in [0, 0.1) is 0 Å². The summed E-state index contributed by atoms with van der Waals surface area (Å²) in [4.78, 5) is 43.2. The van der Waals surface area contributed by atoms with Crippen LogP contribution in [0.5, 0.6) is 0 Å². The maximum absolute atomic E-state index is 13.4. The second-order valence-electron chi connectivity index (χ2n) is 10.6. The van der Waals surface area contributed by atoms with Gasteiger partial charge in [0.05, 0.1) is 13.0 Å². The highest BCUT2D eigenvalue weighted by Crippen LogP contribution is 2.18. The van der Waals surface area contributed by atoms with Crippen LogP contribution < -0.4 is 5.32 Å². The third-order valence-corrected chi connectivity index (χ3v) is 7.80. The average molecular weight is 586 g/mol. The first-order chi connectivity index (χ1) is 19.1. The molecule has 40 heavy (non-hydrogen) atoms. The molecule has 216 valence electrons. The molecule has 2 heterocycles. The van der Waals surface area contributed by atoms with Gasteiger partial charge in [-0.25, -0.2) is 9.59 Å². The van der Waals surface area contributed by atoms with Crippen molar-refractivity contribution in [2.45, 2.75) is 71.2 Å². The van der Waals surface area contributed by atoms with Gasteiger partial charge in [0.15, 0.2) is 0 Å². The highest BCUT2D eigenvalue weighted by atomic mass is 32.1. The minimum atomic E-state index is -0.964. The Bertz CT molecular complexity index is 1180. The summed E-state index contributed by atoms with van der Waals surface area (Å²) in [7, 11) is 0. The molecule has 10 heteroatoms. The molecule has 0 fully saturated rings. The van der Waals surface area contributed by atoms with E-state index >= 15 is 0 Å². The highest BCUT2D eigenvalue weighted by molar-refractivity contribution is 7.10. The first-order valence-electron chi connectivity index (χ1n) is 13.4. The Balaban J connectivity index is 1.66. The van der Waals surface area contributed by atoms with Crippen molar-refractivity contribution in [3.8, 4) is 0 Å². The van der Waals surface area contributed by atoms with Gasteiger partial charge in [-0.1, -0.05) is 42.5 Å². The maximum Gasteiger partial charge on any atom is 0.407 e. The van der Waals surface area contributed by atoms with Crippen LogP contribution >= 0.6 is 22.7 Å². The third kappa shape index (κ3) is 11.4. The fourth-order valence-corrected chi connectivity index (χ4v) is 5.62. The van der Waals surface area contributed by atoms with E-state index in [9.17, 15) is 19.5 Å². The van der Waals surface area contributed by atoms with E-state index < -0.39 is 17.8 Å². The van der Waals surface area contributed by atoms with Gasteiger partial charge in [-0.3, -0.25) is 4.79 Å². The molecule has 8 nitrogen and oxygen atoms in total. The molecule has 0 saturated carbocycles. The van der Waals surface area contributed by atoms with Crippen molar-refractivity contribution in [3.63, 3.8) is 0 Å². The molecule has 1 atom stereocenters. The Hall–Kier alpha value is -3.37. The molecule has 0 radical (unpaired) electrons. The number of unbranched alkanes of at least 4 members (excludes halogenated alkanes) is 1. The van der Waals surface area contributed by atoms with Gasteiger partial charge in [-0.15, -0.1) is 22.7 Å². The molecule has 1 aromatic carbocycles. The molecule has 3 rings (SSSR count). The zero-order valence-electron chi connectivity index (χ0n) is 23.4. The standard InChI is InChI=1S/C30H39N3O5S2/c1-30(2,3)38-28(35)31-24(13-7-8-16-32(29(36)37)20-23-11-5-4-6-12-23)21-33(22-26-15-10-18-40-26)27(34)19-25-14-9-17-39-25/h4-6,9-12,14-15,17-18,24H,7-8,13,16,19-22H2,1-3H3,(H,31,35)(H,36,37)/t24-/m0/s1. The summed E-state index contributed by atoms with van der Waals surface area (Å²) in [6.45, 7) is 6.90. The number of ether oxygens (including phenoxy) is 1. The molecule has 0 saturated heterocycles. The van der Waals surface area contributed by atoms with Crippen molar-refractivity contribution in [1.29, 1.82) is 0 Å². The van der Waals surface area contributed by atoms with Gasteiger partial charge < -0.3 is 25.0 Å². The summed E-state index contributed by atoms with van der Waals surface area (Å²) in [6.07, 6.45) is 0.676. The summed E-state index contributed by atoms with van der Waals surface area (Å²) in [5, 5.41) is 16.6. The zero-order chi connectivity index (χ0) is 29.0. The van der Waals surface area contributed by atoms with Crippen molar-refractivity contribution in [1.82, 2.24) is 15.1 Å². The number of carbonyl (C=O) groups excluding carboxylic acids is 2. The lowest BCUT2D eigenvalue weighted by atomic mass is 10.1. The Labute approximate surface area is 244 Å². The van der Waals surface area contributed by atoms with Gasteiger partial charge in [-0.05, 0) is 68.5 Å². The number of hydrogen-bond acceptors (Lipinski definition) is 6. The van der Waals surface area contributed by atoms with Crippen LogP contribution in [0.4, 0.5) is 9.59 Å². The summed E-state index contributed by atoms with van der Waals surface area (Å²) in [5.41, 5.74) is 0.280. The SMILES string of the molecule is CC(C)(C)OC(=O)N[C@@H](CCCCN(Cc1ccccc1)C(=O)O)CN(Cc1cccs1)C(=O)Cc1cccs1. The number of nitrogens with one attached hydrogen (secondary N) is 1. The fourth-order valence-electron chi connectivity index (χ4n) is 4.21. The Morgan fingerprint density at radius 3 is 2.17 bits per heavy atom. The molecule has 3 aromatic rings.